The van der Waals surface area contributed by atoms with E-state index in [1.165, 1.54) is 12.1 Å². The van der Waals surface area contributed by atoms with Crippen LogP contribution in [0.5, 0.6) is 0 Å². The van der Waals surface area contributed by atoms with Crippen molar-refractivity contribution in [1.82, 2.24) is 4.90 Å². The summed E-state index contributed by atoms with van der Waals surface area (Å²) in [5.74, 6) is -0.00976. The van der Waals surface area contributed by atoms with Crippen molar-refractivity contribution in [2.24, 2.45) is 5.73 Å². The van der Waals surface area contributed by atoms with Gasteiger partial charge in [0.2, 0.25) is 5.91 Å². The Bertz CT molecular complexity index is 462. The molecule has 0 aliphatic carbocycles. The van der Waals surface area contributed by atoms with Crippen LogP contribution in [0, 0.1) is 10.1 Å². The number of nitrogens with zero attached hydrogens (tertiary/aromatic N) is 2. The van der Waals surface area contributed by atoms with E-state index < -0.39 is 4.92 Å². The van der Waals surface area contributed by atoms with Crippen LogP contribution in [0.4, 0.5) is 5.69 Å². The van der Waals surface area contributed by atoms with Crippen LogP contribution in [-0.2, 0) is 4.79 Å². The van der Waals surface area contributed by atoms with Crippen molar-refractivity contribution in [3.63, 3.8) is 0 Å². The van der Waals surface area contributed by atoms with Crippen LogP contribution in [-0.4, -0.2) is 29.3 Å². The molecule has 19 heavy (non-hydrogen) atoms. The van der Waals surface area contributed by atoms with Crippen LogP contribution in [0.25, 0.3) is 0 Å². The number of rotatable bonds is 6. The molecule has 1 aromatic rings. The third kappa shape index (κ3) is 4.03. The summed E-state index contributed by atoms with van der Waals surface area (Å²) >= 11 is 0. The molecule has 0 fully saturated rings. The topological polar surface area (TPSA) is 89.5 Å². The van der Waals surface area contributed by atoms with Crippen molar-refractivity contribution in [1.29, 1.82) is 0 Å². The second kappa shape index (κ2) is 6.84. The van der Waals surface area contributed by atoms with Gasteiger partial charge in [0, 0.05) is 25.6 Å². The molecule has 1 aromatic carbocycles. The van der Waals surface area contributed by atoms with Crippen molar-refractivity contribution in [3.8, 4) is 0 Å². The van der Waals surface area contributed by atoms with Gasteiger partial charge in [-0.3, -0.25) is 14.9 Å². The van der Waals surface area contributed by atoms with E-state index in [2.05, 4.69) is 0 Å². The minimum absolute atomic E-state index is 0.00976. The monoisotopic (exact) mass is 265 g/mol. The van der Waals surface area contributed by atoms with Gasteiger partial charge in [-0.1, -0.05) is 12.1 Å². The van der Waals surface area contributed by atoms with Gasteiger partial charge in [-0.25, -0.2) is 0 Å². The molecule has 0 aliphatic heterocycles. The predicted molar refractivity (Wildman–Crippen MR) is 72.6 cm³/mol. The van der Waals surface area contributed by atoms with Crippen LogP contribution >= 0.6 is 0 Å². The lowest BCUT2D eigenvalue weighted by Crippen LogP contribution is -2.29. The van der Waals surface area contributed by atoms with Crippen molar-refractivity contribution in [2.75, 3.05) is 13.6 Å². The smallest absolute Gasteiger partial charge is 0.269 e. The molecule has 1 amide bonds. The number of hydrogen-bond donors (Lipinski definition) is 1. The second-order valence-corrected chi connectivity index (χ2v) is 4.42. The molecule has 6 nitrogen and oxygen atoms in total. The number of nitro groups is 1. The molecule has 1 rings (SSSR count). The van der Waals surface area contributed by atoms with E-state index >= 15 is 0 Å². The lowest BCUT2D eigenvalue weighted by Gasteiger charge is -2.25. The average molecular weight is 265 g/mol. The Labute approximate surface area is 112 Å². The van der Waals surface area contributed by atoms with Gasteiger partial charge >= 0.3 is 0 Å². The summed E-state index contributed by atoms with van der Waals surface area (Å²) in [5.41, 5.74) is 6.15. The highest BCUT2D eigenvalue weighted by atomic mass is 16.6. The molecule has 0 saturated carbocycles. The fourth-order valence-corrected chi connectivity index (χ4v) is 1.77. The fourth-order valence-electron chi connectivity index (χ4n) is 1.77. The summed E-state index contributed by atoms with van der Waals surface area (Å²) in [4.78, 5) is 23.8. The highest BCUT2D eigenvalue weighted by molar-refractivity contribution is 5.76. The number of hydrogen-bond acceptors (Lipinski definition) is 4. The van der Waals surface area contributed by atoms with E-state index in [-0.39, 0.29) is 17.6 Å². The molecule has 104 valence electrons. The van der Waals surface area contributed by atoms with E-state index in [1.54, 1.807) is 24.1 Å². The highest BCUT2D eigenvalue weighted by Gasteiger charge is 2.18. The lowest BCUT2D eigenvalue weighted by molar-refractivity contribution is -0.384. The molecule has 0 aliphatic rings. The Hall–Kier alpha value is -1.95. The van der Waals surface area contributed by atoms with E-state index in [0.717, 1.165) is 5.56 Å². The standard InChI is InChI=1S/C13H19N3O3/c1-10(15(2)13(17)7-4-8-14)11-5-3-6-12(9-11)16(18)19/h3,5-6,9-10H,4,7-8,14H2,1-2H3. The number of nitro benzene ring substituents is 1. The SMILES string of the molecule is CC(c1cccc([N+](=O)[O-])c1)N(C)C(=O)CCCN. The largest absolute Gasteiger partial charge is 0.339 e. The first-order chi connectivity index (χ1) is 8.97. The van der Waals surface area contributed by atoms with Gasteiger partial charge in [-0.15, -0.1) is 0 Å². The Morgan fingerprint density at radius 3 is 2.79 bits per heavy atom. The molecule has 1 unspecified atom stereocenters. The maximum absolute atomic E-state index is 11.9. The zero-order chi connectivity index (χ0) is 14.4. The summed E-state index contributed by atoms with van der Waals surface area (Å²) in [6, 6.07) is 6.14. The number of non-ortho nitro benzene ring substituents is 1. The molecule has 0 saturated heterocycles. The Morgan fingerprint density at radius 1 is 1.53 bits per heavy atom. The summed E-state index contributed by atoms with van der Waals surface area (Å²) in [5, 5.41) is 10.7. The van der Waals surface area contributed by atoms with Crippen molar-refractivity contribution < 1.29 is 9.72 Å². The van der Waals surface area contributed by atoms with Gasteiger partial charge in [0.15, 0.2) is 0 Å². The maximum Gasteiger partial charge on any atom is 0.269 e. The van der Waals surface area contributed by atoms with E-state index in [4.69, 9.17) is 5.73 Å². The van der Waals surface area contributed by atoms with E-state index in [9.17, 15) is 14.9 Å². The Balaban J connectivity index is 2.81. The van der Waals surface area contributed by atoms with Gasteiger partial charge < -0.3 is 10.6 Å². The Kier molecular flexibility index (Phi) is 5.44. The number of nitrogens with two attached hydrogens (primary N) is 1. The van der Waals surface area contributed by atoms with Crippen LogP contribution in [0.15, 0.2) is 24.3 Å². The molecule has 0 aromatic heterocycles. The fraction of sp³-hybridized carbons (Fsp3) is 0.462. The summed E-state index contributed by atoms with van der Waals surface area (Å²) in [6.45, 7) is 2.32. The zero-order valence-corrected chi connectivity index (χ0v) is 11.2. The molecule has 6 heteroatoms. The van der Waals surface area contributed by atoms with Crippen LogP contribution in [0.1, 0.15) is 31.4 Å². The maximum atomic E-state index is 11.9. The van der Waals surface area contributed by atoms with Gasteiger partial charge in [0.25, 0.3) is 5.69 Å². The third-order valence-electron chi connectivity index (χ3n) is 3.13. The molecule has 0 spiro atoms. The average Bonchev–Trinajstić information content (AvgIpc) is 2.43. The number of benzene rings is 1. The first-order valence-corrected chi connectivity index (χ1v) is 6.17. The number of carbonyl (C=O) groups is 1. The number of amides is 1. The highest BCUT2D eigenvalue weighted by Crippen LogP contribution is 2.23. The van der Waals surface area contributed by atoms with Crippen LogP contribution < -0.4 is 5.73 Å². The van der Waals surface area contributed by atoms with Gasteiger partial charge in [-0.2, -0.15) is 0 Å². The van der Waals surface area contributed by atoms with Gasteiger partial charge in [-0.05, 0) is 25.5 Å². The van der Waals surface area contributed by atoms with Crippen molar-refractivity contribution in [2.45, 2.75) is 25.8 Å². The minimum atomic E-state index is -0.438. The predicted octanol–water partition coefficient (Wildman–Crippen LogP) is 1.85. The summed E-state index contributed by atoms with van der Waals surface area (Å²) in [6.07, 6.45) is 1.04. The second-order valence-electron chi connectivity index (χ2n) is 4.42. The zero-order valence-electron chi connectivity index (χ0n) is 11.2. The van der Waals surface area contributed by atoms with Crippen molar-refractivity contribution >= 4 is 11.6 Å². The summed E-state index contributed by atoms with van der Waals surface area (Å²) in [7, 11) is 1.70. The first kappa shape index (κ1) is 15.1. The third-order valence-corrected chi connectivity index (χ3v) is 3.13. The first-order valence-electron chi connectivity index (χ1n) is 6.17. The van der Waals surface area contributed by atoms with Crippen LogP contribution in [0.2, 0.25) is 0 Å². The molecule has 0 bridgehead atoms. The van der Waals surface area contributed by atoms with Gasteiger partial charge in [0.1, 0.15) is 0 Å². The van der Waals surface area contributed by atoms with E-state index in [1.807, 2.05) is 6.92 Å². The molecular weight excluding hydrogens is 246 g/mol. The molecule has 1 atom stereocenters. The quantitative estimate of drug-likeness (QED) is 0.628. The molecule has 0 radical (unpaired) electrons. The molecule has 0 heterocycles. The number of carbonyl (C=O) groups excluding carboxylic acids is 1. The molecular formula is C13H19N3O3. The van der Waals surface area contributed by atoms with Crippen molar-refractivity contribution in [3.05, 3.63) is 39.9 Å². The summed E-state index contributed by atoms with van der Waals surface area (Å²) < 4.78 is 0. The van der Waals surface area contributed by atoms with E-state index in [0.29, 0.717) is 19.4 Å². The minimum Gasteiger partial charge on any atom is -0.339 e. The normalized spacial score (nSPS) is 11.9. The lowest BCUT2D eigenvalue weighted by atomic mass is 10.1. The Morgan fingerprint density at radius 2 is 2.21 bits per heavy atom. The van der Waals surface area contributed by atoms with Gasteiger partial charge in [0.05, 0.1) is 11.0 Å². The van der Waals surface area contributed by atoms with Crippen LogP contribution in [0.3, 0.4) is 0 Å². The molecule has 2 N–H and O–H groups in total.